The number of aromatic nitrogens is 1. The van der Waals surface area contributed by atoms with Gasteiger partial charge in [-0.15, -0.1) is 0 Å². The maximum absolute atomic E-state index is 13.4. The summed E-state index contributed by atoms with van der Waals surface area (Å²) in [6.45, 7) is 5.63. The second kappa shape index (κ2) is 8.02. The monoisotopic (exact) mass is 455 g/mol. The number of hydrogen-bond acceptors (Lipinski definition) is 4. The van der Waals surface area contributed by atoms with Crippen LogP contribution in [-0.2, 0) is 16.9 Å². The van der Waals surface area contributed by atoms with Crippen LogP contribution in [0, 0.1) is 13.8 Å². The standard InChI is InChI=1S/C27H25N3O4/c1-17-13-23(18(2)29(17)15-22-9-6-12-34-22)24(31)16-30-25(32)27(3,28-26(30)33)21-11-10-19-7-4-5-8-20(19)14-21/h4-14H,15-16H2,1-3H3,(H,28,33). The number of aryl methyl sites for hydroxylation is 1. The zero-order valence-corrected chi connectivity index (χ0v) is 19.3. The molecule has 3 amide bonds. The van der Waals surface area contributed by atoms with Crippen molar-refractivity contribution < 1.29 is 18.8 Å². The second-order valence-electron chi connectivity index (χ2n) is 8.88. The fourth-order valence-corrected chi connectivity index (χ4v) is 4.65. The number of hydrogen-bond donors (Lipinski definition) is 1. The van der Waals surface area contributed by atoms with Crippen LogP contribution in [0.5, 0.6) is 0 Å². The summed E-state index contributed by atoms with van der Waals surface area (Å²) in [5.74, 6) is 0.0524. The number of amides is 3. The van der Waals surface area contributed by atoms with E-state index in [2.05, 4.69) is 5.32 Å². The first-order valence-corrected chi connectivity index (χ1v) is 11.1. The summed E-state index contributed by atoms with van der Waals surface area (Å²) in [5, 5.41) is 4.82. The Morgan fingerprint density at radius 1 is 1.00 bits per heavy atom. The molecule has 0 aliphatic carbocycles. The lowest BCUT2D eigenvalue weighted by atomic mass is 9.90. The number of nitrogens with one attached hydrogen (secondary N) is 1. The molecule has 0 saturated carbocycles. The zero-order valence-electron chi connectivity index (χ0n) is 19.3. The average molecular weight is 456 g/mol. The van der Waals surface area contributed by atoms with Gasteiger partial charge in [-0.3, -0.25) is 14.5 Å². The second-order valence-corrected chi connectivity index (χ2v) is 8.88. The van der Waals surface area contributed by atoms with Gasteiger partial charge in [0, 0.05) is 17.0 Å². The average Bonchev–Trinajstić information content (AvgIpc) is 3.50. The van der Waals surface area contributed by atoms with Crippen LogP contribution in [0.4, 0.5) is 4.79 Å². The minimum atomic E-state index is -1.24. The number of nitrogens with zero attached hydrogens (tertiary/aromatic N) is 2. The highest BCUT2D eigenvalue weighted by atomic mass is 16.3. The first kappa shape index (κ1) is 21.7. The van der Waals surface area contributed by atoms with Gasteiger partial charge in [0.1, 0.15) is 11.3 Å². The van der Waals surface area contributed by atoms with E-state index in [4.69, 9.17) is 4.42 Å². The van der Waals surface area contributed by atoms with Crippen LogP contribution in [-0.4, -0.2) is 33.7 Å². The van der Waals surface area contributed by atoms with Crippen LogP contribution in [0.2, 0.25) is 0 Å². The highest BCUT2D eigenvalue weighted by Gasteiger charge is 2.49. The molecule has 0 radical (unpaired) electrons. The van der Waals surface area contributed by atoms with Crippen molar-refractivity contribution in [3.05, 3.63) is 95.2 Å². The minimum Gasteiger partial charge on any atom is -0.467 e. The largest absolute Gasteiger partial charge is 0.467 e. The molecule has 34 heavy (non-hydrogen) atoms. The number of Topliss-reactive ketones (excluding diaryl/α,β-unsaturated/α-hetero) is 1. The molecule has 5 rings (SSSR count). The molecule has 172 valence electrons. The third kappa shape index (κ3) is 3.50. The number of ketones is 1. The Labute approximate surface area is 197 Å². The molecule has 1 N–H and O–H groups in total. The van der Waals surface area contributed by atoms with Crippen molar-refractivity contribution in [2.75, 3.05) is 6.54 Å². The summed E-state index contributed by atoms with van der Waals surface area (Å²) in [6, 6.07) is 18.4. The van der Waals surface area contributed by atoms with Gasteiger partial charge in [0.05, 0.1) is 19.4 Å². The van der Waals surface area contributed by atoms with Crippen molar-refractivity contribution in [1.29, 1.82) is 0 Å². The van der Waals surface area contributed by atoms with Gasteiger partial charge in [0.2, 0.25) is 0 Å². The molecule has 2 aromatic carbocycles. The Morgan fingerprint density at radius 3 is 2.50 bits per heavy atom. The van der Waals surface area contributed by atoms with E-state index in [9.17, 15) is 14.4 Å². The molecule has 7 heteroatoms. The SMILES string of the molecule is Cc1cc(C(=O)CN2C(=O)NC(C)(c3ccc4ccccc4c3)C2=O)c(C)n1Cc1ccco1. The highest BCUT2D eigenvalue weighted by Crippen LogP contribution is 2.31. The molecule has 1 atom stereocenters. The third-order valence-corrected chi connectivity index (χ3v) is 6.67. The van der Waals surface area contributed by atoms with Crippen LogP contribution >= 0.6 is 0 Å². The van der Waals surface area contributed by atoms with Crippen molar-refractivity contribution in [3.63, 3.8) is 0 Å². The van der Waals surface area contributed by atoms with Crippen molar-refractivity contribution in [2.45, 2.75) is 32.9 Å². The van der Waals surface area contributed by atoms with Crippen molar-refractivity contribution in [2.24, 2.45) is 0 Å². The summed E-state index contributed by atoms with van der Waals surface area (Å²) in [7, 11) is 0. The van der Waals surface area contributed by atoms with Gasteiger partial charge in [-0.2, -0.15) is 0 Å². The van der Waals surface area contributed by atoms with Gasteiger partial charge in [-0.05, 0) is 61.4 Å². The van der Waals surface area contributed by atoms with Gasteiger partial charge in [-0.25, -0.2) is 4.79 Å². The summed E-state index contributed by atoms with van der Waals surface area (Å²) in [6.07, 6.45) is 1.61. The Kier molecular flexibility index (Phi) is 5.12. The lowest BCUT2D eigenvalue weighted by molar-refractivity contribution is -0.130. The number of carbonyl (C=O) groups excluding carboxylic acids is 3. The quantitative estimate of drug-likeness (QED) is 0.342. The number of fused-ring (bicyclic) bond motifs is 1. The normalized spacial score (nSPS) is 18.0. The van der Waals surface area contributed by atoms with Gasteiger partial charge in [0.15, 0.2) is 5.78 Å². The molecule has 7 nitrogen and oxygen atoms in total. The van der Waals surface area contributed by atoms with E-state index in [-0.39, 0.29) is 12.3 Å². The first-order chi connectivity index (χ1) is 16.3. The van der Waals surface area contributed by atoms with Crippen LogP contribution in [0.1, 0.15) is 40.0 Å². The van der Waals surface area contributed by atoms with E-state index in [1.807, 2.05) is 73.0 Å². The number of imide groups is 1. The van der Waals surface area contributed by atoms with Crippen LogP contribution in [0.15, 0.2) is 71.3 Å². The Morgan fingerprint density at radius 2 is 1.76 bits per heavy atom. The molecule has 0 spiro atoms. The van der Waals surface area contributed by atoms with E-state index < -0.39 is 17.5 Å². The Hall–Kier alpha value is -4.13. The smallest absolute Gasteiger partial charge is 0.325 e. The maximum Gasteiger partial charge on any atom is 0.325 e. The third-order valence-electron chi connectivity index (χ3n) is 6.67. The minimum absolute atomic E-state index is 0.287. The molecule has 1 aliphatic rings. The number of rotatable bonds is 6. The molecular weight excluding hydrogens is 430 g/mol. The molecule has 2 aromatic heterocycles. The molecule has 1 fully saturated rings. The number of benzene rings is 2. The Balaban J connectivity index is 1.39. The fraction of sp³-hybridized carbons (Fsp3) is 0.222. The van der Waals surface area contributed by atoms with Crippen molar-refractivity contribution in [3.8, 4) is 0 Å². The molecular formula is C27H25N3O4. The predicted molar refractivity (Wildman–Crippen MR) is 128 cm³/mol. The molecule has 0 bridgehead atoms. The lowest BCUT2D eigenvalue weighted by Crippen LogP contribution is -2.41. The van der Waals surface area contributed by atoms with E-state index in [1.54, 1.807) is 19.3 Å². The van der Waals surface area contributed by atoms with Gasteiger partial charge >= 0.3 is 6.03 Å². The summed E-state index contributed by atoms with van der Waals surface area (Å²) in [5.41, 5.74) is 1.59. The predicted octanol–water partition coefficient (Wildman–Crippen LogP) is 4.55. The van der Waals surface area contributed by atoms with E-state index in [1.165, 1.54) is 0 Å². The maximum atomic E-state index is 13.4. The van der Waals surface area contributed by atoms with Gasteiger partial charge < -0.3 is 14.3 Å². The summed E-state index contributed by atoms with van der Waals surface area (Å²) >= 11 is 0. The lowest BCUT2D eigenvalue weighted by Gasteiger charge is -2.22. The highest BCUT2D eigenvalue weighted by molar-refractivity contribution is 6.11. The van der Waals surface area contributed by atoms with Gasteiger partial charge in [-0.1, -0.05) is 36.4 Å². The molecule has 1 aliphatic heterocycles. The van der Waals surface area contributed by atoms with Gasteiger partial charge in [0.25, 0.3) is 5.91 Å². The van der Waals surface area contributed by atoms with Crippen LogP contribution < -0.4 is 5.32 Å². The summed E-state index contributed by atoms with van der Waals surface area (Å²) < 4.78 is 7.42. The molecule has 1 saturated heterocycles. The molecule has 1 unspecified atom stereocenters. The molecule has 4 aromatic rings. The van der Waals surface area contributed by atoms with E-state index in [0.717, 1.165) is 32.8 Å². The van der Waals surface area contributed by atoms with E-state index >= 15 is 0 Å². The topological polar surface area (TPSA) is 84.5 Å². The number of urea groups is 1. The number of furan rings is 1. The van der Waals surface area contributed by atoms with Crippen LogP contribution in [0.25, 0.3) is 10.8 Å². The number of carbonyl (C=O) groups is 3. The van der Waals surface area contributed by atoms with Crippen molar-refractivity contribution in [1.82, 2.24) is 14.8 Å². The van der Waals surface area contributed by atoms with Crippen LogP contribution in [0.3, 0.4) is 0 Å². The Bertz CT molecular complexity index is 1430. The molecule has 3 heterocycles. The zero-order chi connectivity index (χ0) is 24.0. The summed E-state index contributed by atoms with van der Waals surface area (Å²) in [4.78, 5) is 40.4. The van der Waals surface area contributed by atoms with E-state index in [0.29, 0.717) is 17.7 Å². The van der Waals surface area contributed by atoms with Crippen molar-refractivity contribution >= 4 is 28.5 Å². The fourth-order valence-electron chi connectivity index (χ4n) is 4.65. The first-order valence-electron chi connectivity index (χ1n) is 11.1.